The summed E-state index contributed by atoms with van der Waals surface area (Å²) in [6.07, 6.45) is 5.80. The largest absolute Gasteiger partial charge is 0.449 e. The van der Waals surface area contributed by atoms with Gasteiger partial charge in [-0.15, -0.1) is 0 Å². The van der Waals surface area contributed by atoms with Crippen LogP contribution in [0.2, 0.25) is 0 Å². The molecule has 0 spiro atoms. The minimum absolute atomic E-state index is 0.160. The highest BCUT2D eigenvalue weighted by atomic mass is 16.6. The fourth-order valence-electron chi connectivity index (χ4n) is 5.31. The molecule has 0 aromatic heterocycles. The third-order valence-corrected chi connectivity index (χ3v) is 7.21. The van der Waals surface area contributed by atoms with E-state index in [1.54, 1.807) is 4.90 Å². The summed E-state index contributed by atoms with van der Waals surface area (Å²) in [5.74, 6) is 0. The Hall–Kier alpha value is -3.41. The Morgan fingerprint density at radius 2 is 1.44 bits per heavy atom. The first-order chi connectivity index (χ1) is 18.7. The van der Waals surface area contributed by atoms with Crippen LogP contribution < -0.4 is 0 Å². The van der Waals surface area contributed by atoms with Gasteiger partial charge >= 0.3 is 6.09 Å². The molecule has 1 aliphatic heterocycles. The molecule has 1 atom stereocenters. The fraction of sp³-hybridized carbons (Fsp3) is 0.382. The first kappa shape index (κ1) is 28.6. The van der Waals surface area contributed by atoms with Gasteiger partial charge in [0, 0.05) is 19.1 Å². The smallest absolute Gasteiger partial charge is 0.412 e. The molecule has 39 heavy (non-hydrogen) atoms. The minimum atomic E-state index is -0.677. The molecule has 1 saturated heterocycles. The SMILES string of the molecule is CC1(C)COC(C)(C)N1C(=O)OCCC[C@@H](/C=C\c1ccccc1)N(Cc1ccccc1)Cc1ccccc1. The van der Waals surface area contributed by atoms with Gasteiger partial charge in [-0.1, -0.05) is 103 Å². The number of hydrogen-bond acceptors (Lipinski definition) is 4. The second kappa shape index (κ2) is 13.1. The normalized spacial score (nSPS) is 17.0. The van der Waals surface area contributed by atoms with E-state index in [0.717, 1.165) is 25.9 Å². The molecule has 4 rings (SSSR count). The number of carbonyl (C=O) groups excluding carboxylic acids is 1. The van der Waals surface area contributed by atoms with Crippen LogP contribution in [-0.2, 0) is 22.6 Å². The summed E-state index contributed by atoms with van der Waals surface area (Å²) in [4.78, 5) is 17.3. The molecule has 1 fully saturated rings. The van der Waals surface area contributed by atoms with Crippen LogP contribution in [0.15, 0.2) is 97.1 Å². The highest BCUT2D eigenvalue weighted by Gasteiger charge is 2.49. The minimum Gasteiger partial charge on any atom is -0.449 e. The molecule has 0 saturated carbocycles. The molecule has 3 aromatic carbocycles. The molecule has 206 valence electrons. The Balaban J connectivity index is 1.48. The van der Waals surface area contributed by atoms with E-state index in [0.29, 0.717) is 13.2 Å². The van der Waals surface area contributed by atoms with E-state index in [1.807, 2.05) is 33.8 Å². The van der Waals surface area contributed by atoms with Gasteiger partial charge in [-0.3, -0.25) is 9.80 Å². The zero-order valence-electron chi connectivity index (χ0n) is 23.8. The van der Waals surface area contributed by atoms with Gasteiger partial charge in [-0.25, -0.2) is 4.79 Å². The number of amides is 1. The lowest BCUT2D eigenvalue weighted by Gasteiger charge is -2.36. The molecule has 1 amide bonds. The molecular formula is C34H42N2O3. The molecule has 0 aliphatic carbocycles. The highest BCUT2D eigenvalue weighted by Crippen LogP contribution is 2.35. The zero-order valence-corrected chi connectivity index (χ0v) is 23.8. The molecule has 5 heteroatoms. The maximum Gasteiger partial charge on any atom is 0.412 e. The monoisotopic (exact) mass is 526 g/mol. The van der Waals surface area contributed by atoms with Crippen LogP contribution in [0.25, 0.3) is 6.08 Å². The van der Waals surface area contributed by atoms with E-state index < -0.39 is 11.3 Å². The second-order valence-electron chi connectivity index (χ2n) is 11.4. The molecule has 0 N–H and O–H groups in total. The lowest BCUT2D eigenvalue weighted by atomic mass is 10.0. The summed E-state index contributed by atoms with van der Waals surface area (Å²) in [6.45, 7) is 10.4. The number of carbonyl (C=O) groups is 1. The van der Waals surface area contributed by atoms with Gasteiger partial charge in [0.2, 0.25) is 0 Å². The summed E-state index contributed by atoms with van der Waals surface area (Å²) in [6, 6.07) is 31.8. The topological polar surface area (TPSA) is 42.0 Å². The lowest BCUT2D eigenvalue weighted by molar-refractivity contribution is -0.0520. The third-order valence-electron chi connectivity index (χ3n) is 7.21. The molecule has 0 bridgehead atoms. The predicted octanol–water partition coefficient (Wildman–Crippen LogP) is 7.53. The Labute approximate surface area is 234 Å². The van der Waals surface area contributed by atoms with E-state index in [2.05, 4.69) is 102 Å². The van der Waals surface area contributed by atoms with Crippen molar-refractivity contribution >= 4 is 12.2 Å². The number of nitrogens with zero attached hydrogens (tertiary/aromatic N) is 2. The summed E-state index contributed by atoms with van der Waals surface area (Å²) in [5, 5.41) is 0. The summed E-state index contributed by atoms with van der Waals surface area (Å²) in [5.41, 5.74) is 2.65. The Morgan fingerprint density at radius 3 is 1.95 bits per heavy atom. The van der Waals surface area contributed by atoms with Gasteiger partial charge in [-0.05, 0) is 57.2 Å². The number of ether oxygens (including phenoxy) is 2. The van der Waals surface area contributed by atoms with Crippen molar-refractivity contribution in [1.29, 1.82) is 0 Å². The van der Waals surface area contributed by atoms with Crippen molar-refractivity contribution < 1.29 is 14.3 Å². The van der Waals surface area contributed by atoms with Gasteiger partial charge in [0.15, 0.2) is 0 Å². The number of benzene rings is 3. The van der Waals surface area contributed by atoms with E-state index in [-0.39, 0.29) is 12.1 Å². The summed E-state index contributed by atoms with van der Waals surface area (Å²) < 4.78 is 11.7. The van der Waals surface area contributed by atoms with Crippen molar-refractivity contribution in [2.75, 3.05) is 13.2 Å². The predicted molar refractivity (Wildman–Crippen MR) is 158 cm³/mol. The molecule has 0 radical (unpaired) electrons. The van der Waals surface area contributed by atoms with E-state index >= 15 is 0 Å². The first-order valence-corrected chi connectivity index (χ1v) is 13.9. The Morgan fingerprint density at radius 1 is 0.897 bits per heavy atom. The molecular weight excluding hydrogens is 484 g/mol. The fourth-order valence-corrected chi connectivity index (χ4v) is 5.31. The van der Waals surface area contributed by atoms with Gasteiger partial charge < -0.3 is 9.47 Å². The van der Waals surface area contributed by atoms with Crippen molar-refractivity contribution in [2.45, 2.75) is 70.9 Å². The Kier molecular flexibility index (Phi) is 9.60. The quantitative estimate of drug-likeness (QED) is 0.242. The van der Waals surface area contributed by atoms with Gasteiger partial charge in [0.05, 0.1) is 18.8 Å². The van der Waals surface area contributed by atoms with Crippen molar-refractivity contribution in [2.24, 2.45) is 0 Å². The van der Waals surface area contributed by atoms with Crippen LogP contribution in [0.1, 0.15) is 57.2 Å². The summed E-state index contributed by atoms with van der Waals surface area (Å²) in [7, 11) is 0. The molecule has 3 aromatic rings. The molecule has 1 aliphatic rings. The molecule has 0 unspecified atom stereocenters. The number of rotatable bonds is 11. The van der Waals surface area contributed by atoms with Crippen LogP contribution >= 0.6 is 0 Å². The lowest BCUT2D eigenvalue weighted by Crippen LogP contribution is -2.52. The van der Waals surface area contributed by atoms with E-state index in [4.69, 9.17) is 9.47 Å². The third kappa shape index (κ3) is 8.04. The average Bonchev–Trinajstić information content (AvgIpc) is 3.16. The van der Waals surface area contributed by atoms with Crippen LogP contribution in [0, 0.1) is 0 Å². The van der Waals surface area contributed by atoms with Crippen LogP contribution in [0.4, 0.5) is 4.79 Å². The van der Waals surface area contributed by atoms with Gasteiger partial charge in [0.25, 0.3) is 0 Å². The van der Waals surface area contributed by atoms with Crippen LogP contribution in [0.5, 0.6) is 0 Å². The Bertz CT molecular complexity index is 1140. The first-order valence-electron chi connectivity index (χ1n) is 13.9. The summed E-state index contributed by atoms with van der Waals surface area (Å²) >= 11 is 0. The standard InChI is InChI=1S/C34H42N2O3/c1-33(2)27-39-34(3,4)36(33)32(37)38-24-14-21-31(23-22-28-15-8-5-9-16-28)35(25-29-17-10-6-11-18-29)26-30-19-12-7-13-20-30/h5-13,15-20,22-23,31H,14,21,24-27H2,1-4H3/b23-22-/t31-/m0/s1. The van der Waals surface area contributed by atoms with Crippen molar-refractivity contribution in [3.05, 3.63) is 114 Å². The highest BCUT2D eigenvalue weighted by molar-refractivity contribution is 5.70. The second-order valence-corrected chi connectivity index (χ2v) is 11.4. The maximum atomic E-state index is 13.0. The average molecular weight is 527 g/mol. The van der Waals surface area contributed by atoms with Crippen LogP contribution in [0.3, 0.4) is 0 Å². The zero-order chi connectivity index (χ0) is 27.7. The maximum absolute atomic E-state index is 13.0. The molecule has 5 nitrogen and oxygen atoms in total. The van der Waals surface area contributed by atoms with Crippen molar-refractivity contribution in [3.63, 3.8) is 0 Å². The van der Waals surface area contributed by atoms with E-state index in [1.165, 1.54) is 16.7 Å². The number of hydrogen-bond donors (Lipinski definition) is 0. The van der Waals surface area contributed by atoms with Gasteiger partial charge in [-0.2, -0.15) is 0 Å². The van der Waals surface area contributed by atoms with E-state index in [9.17, 15) is 4.79 Å². The van der Waals surface area contributed by atoms with Crippen LogP contribution in [-0.4, -0.2) is 46.4 Å². The van der Waals surface area contributed by atoms with Gasteiger partial charge in [0.1, 0.15) is 5.72 Å². The van der Waals surface area contributed by atoms with Crippen molar-refractivity contribution in [3.8, 4) is 0 Å². The van der Waals surface area contributed by atoms with Crippen molar-refractivity contribution in [1.82, 2.24) is 9.80 Å². The molecule has 1 heterocycles.